The number of benzene rings is 1. The molecule has 1 aromatic rings. The zero-order chi connectivity index (χ0) is 17.7. The second kappa shape index (κ2) is 8.07. The van der Waals surface area contributed by atoms with Crippen molar-refractivity contribution in [1.82, 2.24) is 9.62 Å². The lowest BCUT2D eigenvalue weighted by Crippen LogP contribution is -2.40. The van der Waals surface area contributed by atoms with Crippen LogP contribution in [0.2, 0.25) is 0 Å². The largest absolute Gasteiger partial charge is 0.341 e. The summed E-state index contributed by atoms with van der Waals surface area (Å²) in [6.45, 7) is 3.02. The van der Waals surface area contributed by atoms with Crippen LogP contribution in [0.25, 0.3) is 0 Å². The molecule has 1 heterocycles. The van der Waals surface area contributed by atoms with E-state index >= 15 is 0 Å². The van der Waals surface area contributed by atoms with Crippen LogP contribution in [0.3, 0.4) is 0 Å². The van der Waals surface area contributed by atoms with Gasteiger partial charge in [0, 0.05) is 25.6 Å². The molecule has 1 saturated heterocycles. The third kappa shape index (κ3) is 5.56. The fourth-order valence-corrected chi connectivity index (χ4v) is 4.07. The summed E-state index contributed by atoms with van der Waals surface area (Å²) in [5.41, 5.74) is 0.790. The summed E-state index contributed by atoms with van der Waals surface area (Å²) in [5.74, 6) is -0.178. The molecule has 1 N–H and O–H groups in total. The Balaban J connectivity index is 1.94. The number of aryl methyl sites for hydroxylation is 1. The van der Waals surface area contributed by atoms with Crippen molar-refractivity contribution in [2.75, 3.05) is 19.3 Å². The number of nitrogens with zero attached hydrogens (tertiary/aromatic N) is 1. The van der Waals surface area contributed by atoms with Crippen molar-refractivity contribution in [3.8, 4) is 0 Å². The molecule has 2 rings (SSSR count). The molecule has 24 heavy (non-hydrogen) atoms. The summed E-state index contributed by atoms with van der Waals surface area (Å²) in [7, 11) is -3.30. The van der Waals surface area contributed by atoms with Crippen LogP contribution in [0.15, 0.2) is 24.3 Å². The van der Waals surface area contributed by atoms with E-state index in [4.69, 9.17) is 0 Å². The van der Waals surface area contributed by atoms with Gasteiger partial charge in [-0.25, -0.2) is 17.5 Å². The van der Waals surface area contributed by atoms with Crippen LogP contribution in [0.1, 0.15) is 31.7 Å². The number of carbonyl (C=O) groups excluding carboxylic acids is 1. The Morgan fingerprint density at radius 3 is 2.75 bits per heavy atom. The van der Waals surface area contributed by atoms with E-state index in [1.807, 2.05) is 6.92 Å². The van der Waals surface area contributed by atoms with Crippen molar-refractivity contribution in [3.63, 3.8) is 0 Å². The quantitative estimate of drug-likeness (QED) is 0.812. The fraction of sp³-hybridized carbons (Fsp3) is 0.588. The number of likely N-dealkylation sites (tertiary alicyclic amines) is 1. The van der Waals surface area contributed by atoms with Crippen LogP contribution in [-0.2, 0) is 21.2 Å². The monoisotopic (exact) mass is 356 g/mol. The highest BCUT2D eigenvalue weighted by molar-refractivity contribution is 7.88. The van der Waals surface area contributed by atoms with Crippen LogP contribution < -0.4 is 4.72 Å². The summed E-state index contributed by atoms with van der Waals surface area (Å²) >= 11 is 0. The predicted octanol–water partition coefficient (Wildman–Crippen LogP) is 1.93. The molecule has 1 aliphatic heterocycles. The standard InChI is InChI=1S/C17H25FN2O3S/c1-3-5-14-11-20(12-16(14)19-24(2,22)23)17(21)9-8-13-6-4-7-15(18)10-13/h4,6-7,10,14,16,19H,3,5,8-9,11-12H2,1-2H3/t14-,16-/m1/s1. The predicted molar refractivity (Wildman–Crippen MR) is 91.5 cm³/mol. The Kier molecular flexibility index (Phi) is 6.34. The third-order valence-electron chi connectivity index (χ3n) is 4.34. The van der Waals surface area contributed by atoms with Crippen LogP contribution in [0.4, 0.5) is 4.39 Å². The molecular formula is C17H25FN2O3S. The highest BCUT2D eigenvalue weighted by Crippen LogP contribution is 2.23. The van der Waals surface area contributed by atoms with Gasteiger partial charge in [0.2, 0.25) is 15.9 Å². The molecular weight excluding hydrogens is 331 g/mol. The zero-order valence-electron chi connectivity index (χ0n) is 14.2. The van der Waals surface area contributed by atoms with Crippen molar-refractivity contribution < 1.29 is 17.6 Å². The van der Waals surface area contributed by atoms with Crippen molar-refractivity contribution in [2.45, 2.75) is 38.6 Å². The molecule has 0 aliphatic carbocycles. The normalized spacial score (nSPS) is 21.2. The molecule has 0 radical (unpaired) electrons. The number of hydrogen-bond acceptors (Lipinski definition) is 3. The van der Waals surface area contributed by atoms with Gasteiger partial charge in [-0.05, 0) is 36.5 Å². The fourth-order valence-electron chi connectivity index (χ4n) is 3.25. The number of amides is 1. The van der Waals surface area contributed by atoms with Gasteiger partial charge < -0.3 is 4.90 Å². The lowest BCUT2D eigenvalue weighted by molar-refractivity contribution is -0.130. The van der Waals surface area contributed by atoms with Crippen molar-refractivity contribution >= 4 is 15.9 Å². The van der Waals surface area contributed by atoms with Crippen molar-refractivity contribution in [3.05, 3.63) is 35.6 Å². The first-order valence-corrected chi connectivity index (χ1v) is 10.2. The van der Waals surface area contributed by atoms with Crippen LogP contribution in [-0.4, -0.2) is 44.6 Å². The summed E-state index contributed by atoms with van der Waals surface area (Å²) in [4.78, 5) is 14.1. The number of sulfonamides is 1. The van der Waals surface area contributed by atoms with E-state index in [0.29, 0.717) is 25.9 Å². The molecule has 1 fully saturated rings. The molecule has 1 aliphatic rings. The molecule has 0 unspecified atom stereocenters. The van der Waals surface area contributed by atoms with E-state index in [9.17, 15) is 17.6 Å². The van der Waals surface area contributed by atoms with Gasteiger partial charge in [0.25, 0.3) is 0 Å². The number of nitrogens with one attached hydrogen (secondary N) is 1. The first-order valence-electron chi connectivity index (χ1n) is 8.28. The van der Waals surface area contributed by atoms with Gasteiger partial charge in [0.05, 0.1) is 6.26 Å². The maximum absolute atomic E-state index is 13.2. The SMILES string of the molecule is CCC[C@@H]1CN(C(=O)CCc2cccc(F)c2)C[C@H]1NS(C)(=O)=O. The molecule has 0 spiro atoms. The lowest BCUT2D eigenvalue weighted by Gasteiger charge is -2.17. The third-order valence-corrected chi connectivity index (χ3v) is 5.07. The van der Waals surface area contributed by atoms with Crippen molar-refractivity contribution in [2.24, 2.45) is 5.92 Å². The average Bonchev–Trinajstić information content (AvgIpc) is 2.86. The van der Waals surface area contributed by atoms with E-state index in [1.54, 1.807) is 17.0 Å². The van der Waals surface area contributed by atoms with Gasteiger partial charge in [-0.2, -0.15) is 0 Å². The van der Waals surface area contributed by atoms with Gasteiger partial charge >= 0.3 is 0 Å². The van der Waals surface area contributed by atoms with Gasteiger partial charge in [0.15, 0.2) is 0 Å². The second-order valence-corrected chi connectivity index (χ2v) is 8.25. The van der Waals surface area contributed by atoms with E-state index in [1.165, 1.54) is 12.1 Å². The van der Waals surface area contributed by atoms with E-state index in [2.05, 4.69) is 4.72 Å². The molecule has 0 bridgehead atoms. The molecule has 7 heteroatoms. The van der Waals surface area contributed by atoms with Crippen LogP contribution in [0.5, 0.6) is 0 Å². The Labute approximate surface area is 143 Å². The topological polar surface area (TPSA) is 66.5 Å². The van der Waals surface area contributed by atoms with Crippen LogP contribution >= 0.6 is 0 Å². The molecule has 2 atom stereocenters. The minimum atomic E-state index is -3.30. The minimum absolute atomic E-state index is 0.0156. The molecule has 1 amide bonds. The van der Waals surface area contributed by atoms with Gasteiger partial charge in [-0.15, -0.1) is 0 Å². The first kappa shape index (κ1) is 18.9. The Morgan fingerprint density at radius 1 is 1.38 bits per heavy atom. The molecule has 134 valence electrons. The maximum atomic E-state index is 13.2. The highest BCUT2D eigenvalue weighted by atomic mass is 32.2. The summed E-state index contributed by atoms with van der Waals surface area (Å²) < 4.78 is 38.8. The lowest BCUT2D eigenvalue weighted by atomic mass is 9.99. The van der Waals surface area contributed by atoms with Crippen LogP contribution in [0, 0.1) is 11.7 Å². The Morgan fingerprint density at radius 2 is 2.12 bits per heavy atom. The van der Waals surface area contributed by atoms with E-state index < -0.39 is 10.0 Å². The molecule has 5 nitrogen and oxygen atoms in total. The number of halogens is 1. The van der Waals surface area contributed by atoms with E-state index in [-0.39, 0.29) is 23.7 Å². The number of hydrogen-bond donors (Lipinski definition) is 1. The first-order chi connectivity index (χ1) is 11.3. The van der Waals surface area contributed by atoms with E-state index in [0.717, 1.165) is 24.7 Å². The van der Waals surface area contributed by atoms with Gasteiger partial charge in [0.1, 0.15) is 5.82 Å². The summed E-state index contributed by atoms with van der Waals surface area (Å²) in [6, 6.07) is 6.02. The number of rotatable bonds is 7. The Hall–Kier alpha value is -1.47. The van der Waals surface area contributed by atoms with Crippen molar-refractivity contribution in [1.29, 1.82) is 0 Å². The van der Waals surface area contributed by atoms with Gasteiger partial charge in [-0.3, -0.25) is 4.79 Å². The second-order valence-electron chi connectivity index (χ2n) is 6.47. The summed E-state index contributed by atoms with van der Waals surface area (Å²) in [5, 5.41) is 0. The minimum Gasteiger partial charge on any atom is -0.341 e. The zero-order valence-corrected chi connectivity index (χ0v) is 15.0. The maximum Gasteiger partial charge on any atom is 0.222 e. The van der Waals surface area contributed by atoms with Gasteiger partial charge in [-0.1, -0.05) is 25.5 Å². The smallest absolute Gasteiger partial charge is 0.222 e. The molecule has 1 aromatic carbocycles. The molecule has 0 aromatic heterocycles. The summed E-state index contributed by atoms with van der Waals surface area (Å²) in [6.07, 6.45) is 3.74. The highest BCUT2D eigenvalue weighted by Gasteiger charge is 2.35. The number of carbonyl (C=O) groups is 1. The average molecular weight is 356 g/mol. The molecule has 0 saturated carbocycles. The Bertz CT molecular complexity index is 678.